The summed E-state index contributed by atoms with van der Waals surface area (Å²) in [4.78, 5) is 12.6. The highest BCUT2D eigenvalue weighted by Crippen LogP contribution is 2.19. The largest absolute Gasteiger partial charge is 0.345 e. The van der Waals surface area contributed by atoms with Crippen molar-refractivity contribution in [3.63, 3.8) is 0 Å². The van der Waals surface area contributed by atoms with Crippen molar-refractivity contribution in [1.82, 2.24) is 14.6 Å². The summed E-state index contributed by atoms with van der Waals surface area (Å²) < 4.78 is 27.5. The summed E-state index contributed by atoms with van der Waals surface area (Å²) in [7, 11) is -0.595. The third-order valence-electron chi connectivity index (χ3n) is 4.24. The number of nitrogens with zero attached hydrogens (tertiary/aromatic N) is 1. The van der Waals surface area contributed by atoms with Crippen molar-refractivity contribution in [2.24, 2.45) is 7.05 Å². The van der Waals surface area contributed by atoms with Gasteiger partial charge in [0.1, 0.15) is 10.6 Å². The van der Waals surface area contributed by atoms with E-state index in [0.29, 0.717) is 11.6 Å². The van der Waals surface area contributed by atoms with Crippen molar-refractivity contribution in [3.05, 3.63) is 53.3 Å². The lowest BCUT2D eigenvalue weighted by molar-refractivity contribution is 0.0931. The van der Waals surface area contributed by atoms with Gasteiger partial charge >= 0.3 is 0 Å². The smallest absolute Gasteiger partial charge is 0.268 e. The highest BCUT2D eigenvalue weighted by atomic mass is 32.2. The molecule has 2 N–H and O–H groups in total. The molecule has 0 radical (unpaired) electrons. The van der Waals surface area contributed by atoms with Crippen molar-refractivity contribution >= 4 is 15.9 Å². The van der Waals surface area contributed by atoms with Crippen LogP contribution in [0.3, 0.4) is 0 Å². The van der Waals surface area contributed by atoms with Gasteiger partial charge < -0.3 is 9.88 Å². The summed E-state index contributed by atoms with van der Waals surface area (Å²) in [5.74, 6) is 0.135. The molecular formula is C18H25N3O3S. The number of nitrogens with one attached hydrogen (secondary N) is 2. The van der Waals surface area contributed by atoms with E-state index < -0.39 is 10.0 Å². The predicted molar refractivity (Wildman–Crippen MR) is 98.1 cm³/mol. The number of rotatable bonds is 6. The van der Waals surface area contributed by atoms with Crippen LogP contribution in [0.2, 0.25) is 0 Å². The van der Waals surface area contributed by atoms with Crippen LogP contribution in [-0.2, 0) is 17.1 Å². The van der Waals surface area contributed by atoms with E-state index in [1.165, 1.54) is 29.4 Å². The molecule has 1 unspecified atom stereocenters. The quantitative estimate of drug-likeness (QED) is 0.828. The van der Waals surface area contributed by atoms with Crippen LogP contribution in [0, 0.1) is 0 Å². The Morgan fingerprint density at radius 3 is 2.16 bits per heavy atom. The van der Waals surface area contributed by atoms with Crippen LogP contribution in [0.4, 0.5) is 0 Å². The predicted octanol–water partition coefficient (Wildman–Crippen LogP) is 2.55. The maximum atomic E-state index is 12.5. The van der Waals surface area contributed by atoms with Gasteiger partial charge in [-0.15, -0.1) is 0 Å². The fraction of sp³-hybridized carbons (Fsp3) is 0.389. The molecule has 2 aromatic rings. The van der Waals surface area contributed by atoms with Gasteiger partial charge in [0.05, 0.1) is 6.04 Å². The van der Waals surface area contributed by atoms with E-state index in [0.717, 1.165) is 5.56 Å². The standard InChI is InChI=1S/C18H25N3O3S/c1-12(2)14-6-8-15(9-7-14)13(3)20-18(22)17-10-16(11-21(17)5)25(23,24)19-4/h6-13,19H,1-5H3,(H,20,22). The Kier molecular flexibility index (Phi) is 5.69. The Labute approximate surface area is 149 Å². The molecule has 2 rings (SSSR count). The van der Waals surface area contributed by atoms with Crippen LogP contribution < -0.4 is 10.0 Å². The highest BCUT2D eigenvalue weighted by molar-refractivity contribution is 7.89. The highest BCUT2D eigenvalue weighted by Gasteiger charge is 2.20. The molecule has 1 heterocycles. The van der Waals surface area contributed by atoms with Gasteiger partial charge in [0.2, 0.25) is 10.0 Å². The monoisotopic (exact) mass is 363 g/mol. The van der Waals surface area contributed by atoms with E-state index in [-0.39, 0.29) is 16.8 Å². The van der Waals surface area contributed by atoms with Gasteiger partial charge in [-0.25, -0.2) is 13.1 Å². The molecule has 0 saturated heterocycles. The molecule has 0 fully saturated rings. The first-order valence-electron chi connectivity index (χ1n) is 8.16. The maximum Gasteiger partial charge on any atom is 0.268 e. The van der Waals surface area contributed by atoms with Gasteiger partial charge in [0.25, 0.3) is 5.91 Å². The van der Waals surface area contributed by atoms with Crippen molar-refractivity contribution in [1.29, 1.82) is 0 Å². The van der Waals surface area contributed by atoms with Crippen LogP contribution >= 0.6 is 0 Å². The topological polar surface area (TPSA) is 80.2 Å². The molecule has 0 aliphatic rings. The van der Waals surface area contributed by atoms with Crippen molar-refractivity contribution in [2.75, 3.05) is 7.05 Å². The molecule has 0 spiro atoms. The maximum absolute atomic E-state index is 12.5. The molecule has 1 amide bonds. The van der Waals surface area contributed by atoms with Gasteiger partial charge in [-0.1, -0.05) is 38.1 Å². The molecule has 0 saturated carbocycles. The van der Waals surface area contributed by atoms with Crippen molar-refractivity contribution in [2.45, 2.75) is 37.6 Å². The summed E-state index contributed by atoms with van der Waals surface area (Å²) in [6.45, 7) is 6.16. The zero-order chi connectivity index (χ0) is 18.8. The SMILES string of the molecule is CNS(=O)(=O)c1cc(C(=O)NC(C)c2ccc(C(C)C)cc2)n(C)c1. The summed E-state index contributed by atoms with van der Waals surface area (Å²) >= 11 is 0. The summed E-state index contributed by atoms with van der Waals surface area (Å²) in [6.07, 6.45) is 1.42. The summed E-state index contributed by atoms with van der Waals surface area (Å²) in [5.41, 5.74) is 2.53. The average Bonchev–Trinajstić information content (AvgIpc) is 2.97. The minimum Gasteiger partial charge on any atom is -0.345 e. The lowest BCUT2D eigenvalue weighted by Gasteiger charge is -2.15. The van der Waals surface area contributed by atoms with Gasteiger partial charge in [-0.2, -0.15) is 0 Å². The summed E-state index contributed by atoms with van der Waals surface area (Å²) in [5, 5.41) is 2.91. The first-order valence-corrected chi connectivity index (χ1v) is 9.64. The fourth-order valence-electron chi connectivity index (χ4n) is 2.55. The Bertz CT molecular complexity index is 852. The molecule has 0 bridgehead atoms. The number of benzene rings is 1. The van der Waals surface area contributed by atoms with E-state index in [1.807, 2.05) is 19.1 Å². The lowest BCUT2D eigenvalue weighted by Crippen LogP contribution is -2.28. The average molecular weight is 363 g/mol. The van der Waals surface area contributed by atoms with E-state index in [1.54, 1.807) is 7.05 Å². The summed E-state index contributed by atoms with van der Waals surface area (Å²) in [6, 6.07) is 9.30. The van der Waals surface area contributed by atoms with E-state index in [9.17, 15) is 13.2 Å². The van der Waals surface area contributed by atoms with Crippen molar-refractivity contribution in [3.8, 4) is 0 Å². The molecule has 1 atom stereocenters. The number of hydrogen-bond donors (Lipinski definition) is 2. The number of carbonyl (C=O) groups excluding carboxylic acids is 1. The minimum absolute atomic E-state index is 0.0663. The minimum atomic E-state index is -3.58. The number of aryl methyl sites for hydroxylation is 1. The second-order valence-corrected chi connectivity index (χ2v) is 8.28. The fourth-order valence-corrected chi connectivity index (χ4v) is 3.35. The van der Waals surface area contributed by atoms with Gasteiger partial charge in [-0.3, -0.25) is 4.79 Å². The number of amides is 1. The number of hydrogen-bond acceptors (Lipinski definition) is 3. The second kappa shape index (κ2) is 7.41. The third kappa shape index (κ3) is 4.29. The van der Waals surface area contributed by atoms with Gasteiger partial charge in [-0.05, 0) is 37.1 Å². The van der Waals surface area contributed by atoms with Crippen LogP contribution in [0.25, 0.3) is 0 Å². The van der Waals surface area contributed by atoms with E-state index in [4.69, 9.17) is 0 Å². The zero-order valence-electron chi connectivity index (χ0n) is 15.2. The van der Waals surface area contributed by atoms with Crippen LogP contribution in [0.5, 0.6) is 0 Å². The Balaban J connectivity index is 2.16. The molecule has 1 aromatic carbocycles. The Morgan fingerprint density at radius 2 is 1.64 bits per heavy atom. The van der Waals surface area contributed by atoms with Gasteiger partial charge in [0.15, 0.2) is 0 Å². The number of carbonyl (C=O) groups is 1. The van der Waals surface area contributed by atoms with E-state index >= 15 is 0 Å². The third-order valence-corrected chi connectivity index (χ3v) is 5.62. The lowest BCUT2D eigenvalue weighted by atomic mass is 9.99. The van der Waals surface area contributed by atoms with Gasteiger partial charge in [0, 0.05) is 13.2 Å². The molecular weight excluding hydrogens is 338 g/mol. The Morgan fingerprint density at radius 1 is 1.08 bits per heavy atom. The van der Waals surface area contributed by atoms with Crippen molar-refractivity contribution < 1.29 is 13.2 Å². The zero-order valence-corrected chi connectivity index (χ0v) is 16.0. The Hall–Kier alpha value is -2.12. The second-order valence-electron chi connectivity index (χ2n) is 6.40. The van der Waals surface area contributed by atoms with Crippen LogP contribution in [-0.4, -0.2) is 25.9 Å². The molecule has 6 nitrogen and oxygen atoms in total. The normalized spacial score (nSPS) is 13.0. The molecule has 0 aliphatic carbocycles. The molecule has 25 heavy (non-hydrogen) atoms. The molecule has 0 aliphatic heterocycles. The first kappa shape index (κ1) is 19.2. The number of aromatic nitrogens is 1. The van der Waals surface area contributed by atoms with E-state index in [2.05, 4.69) is 36.0 Å². The van der Waals surface area contributed by atoms with Crippen LogP contribution in [0.1, 0.15) is 54.3 Å². The molecule has 136 valence electrons. The molecule has 1 aromatic heterocycles. The first-order chi connectivity index (χ1) is 11.7. The molecule has 7 heteroatoms. The van der Waals surface area contributed by atoms with Crippen LogP contribution in [0.15, 0.2) is 41.4 Å². The number of sulfonamides is 1.